The zero-order valence-corrected chi connectivity index (χ0v) is 9.77. The van der Waals surface area contributed by atoms with Crippen molar-refractivity contribution in [3.05, 3.63) is 35.4 Å². The van der Waals surface area contributed by atoms with E-state index >= 15 is 0 Å². The van der Waals surface area contributed by atoms with E-state index in [9.17, 15) is 14.7 Å². The van der Waals surface area contributed by atoms with E-state index in [0.717, 1.165) is 5.56 Å². The first-order chi connectivity index (χ1) is 8.04. The number of hydrogen-bond donors (Lipinski definition) is 2. The van der Waals surface area contributed by atoms with Gasteiger partial charge >= 0.3 is 5.97 Å². The zero-order chi connectivity index (χ0) is 12.8. The van der Waals surface area contributed by atoms with Gasteiger partial charge in [0.1, 0.15) is 0 Å². The maximum absolute atomic E-state index is 11.6. The van der Waals surface area contributed by atoms with Crippen LogP contribution >= 0.6 is 0 Å². The molecular weight excluding hydrogens is 222 g/mol. The molecule has 0 saturated carbocycles. The van der Waals surface area contributed by atoms with E-state index < -0.39 is 12.1 Å². The fourth-order valence-corrected chi connectivity index (χ4v) is 1.30. The Morgan fingerprint density at radius 2 is 2.18 bits per heavy atom. The van der Waals surface area contributed by atoms with Crippen LogP contribution in [0.5, 0.6) is 0 Å². The Kier molecular flexibility index (Phi) is 4.66. The summed E-state index contributed by atoms with van der Waals surface area (Å²) >= 11 is 0. The lowest BCUT2D eigenvalue weighted by molar-refractivity contribution is -0.149. The van der Waals surface area contributed by atoms with Crippen molar-refractivity contribution in [3.63, 3.8) is 0 Å². The van der Waals surface area contributed by atoms with Crippen LogP contribution in [0.2, 0.25) is 0 Å². The minimum Gasteiger partial charge on any atom is -0.467 e. The van der Waals surface area contributed by atoms with Crippen molar-refractivity contribution in [2.45, 2.75) is 13.0 Å². The van der Waals surface area contributed by atoms with Crippen LogP contribution in [-0.2, 0) is 9.53 Å². The number of benzene rings is 1. The van der Waals surface area contributed by atoms with Gasteiger partial charge in [0.05, 0.1) is 13.7 Å². The molecule has 1 aromatic carbocycles. The van der Waals surface area contributed by atoms with Crippen molar-refractivity contribution >= 4 is 11.9 Å². The first-order valence-corrected chi connectivity index (χ1v) is 5.15. The average Bonchev–Trinajstić information content (AvgIpc) is 2.34. The molecular formula is C12H15NO4. The molecule has 5 heteroatoms. The third kappa shape index (κ3) is 3.88. The summed E-state index contributed by atoms with van der Waals surface area (Å²) < 4.78 is 4.33. The lowest BCUT2D eigenvalue weighted by Crippen LogP contribution is -2.37. The van der Waals surface area contributed by atoms with E-state index in [0.29, 0.717) is 5.56 Å². The molecule has 0 heterocycles. The molecule has 0 aliphatic carbocycles. The molecule has 1 unspecified atom stereocenters. The van der Waals surface area contributed by atoms with E-state index in [4.69, 9.17) is 0 Å². The molecule has 0 bridgehead atoms. The second-order valence-corrected chi connectivity index (χ2v) is 3.62. The molecule has 92 valence electrons. The lowest BCUT2D eigenvalue weighted by atomic mass is 10.1. The van der Waals surface area contributed by atoms with Gasteiger partial charge in [0, 0.05) is 5.56 Å². The molecule has 1 atom stereocenters. The highest BCUT2D eigenvalue weighted by Crippen LogP contribution is 2.03. The van der Waals surface area contributed by atoms with Crippen LogP contribution in [-0.4, -0.2) is 36.7 Å². The van der Waals surface area contributed by atoms with Gasteiger partial charge in [-0.05, 0) is 19.1 Å². The molecule has 1 amide bonds. The van der Waals surface area contributed by atoms with Gasteiger partial charge in [0.15, 0.2) is 6.10 Å². The number of carbonyl (C=O) groups is 2. The van der Waals surface area contributed by atoms with Gasteiger partial charge in [-0.1, -0.05) is 17.7 Å². The number of nitrogens with one attached hydrogen (secondary N) is 1. The highest BCUT2D eigenvalue weighted by molar-refractivity contribution is 5.94. The molecule has 0 aromatic heterocycles. The van der Waals surface area contributed by atoms with Crippen LogP contribution in [0.25, 0.3) is 0 Å². The van der Waals surface area contributed by atoms with E-state index in [2.05, 4.69) is 10.1 Å². The van der Waals surface area contributed by atoms with Crippen LogP contribution < -0.4 is 5.32 Å². The molecule has 0 aliphatic heterocycles. The van der Waals surface area contributed by atoms with Gasteiger partial charge in [0.25, 0.3) is 5.91 Å². The summed E-state index contributed by atoms with van der Waals surface area (Å²) in [4.78, 5) is 22.5. The average molecular weight is 237 g/mol. The van der Waals surface area contributed by atoms with E-state index in [1.807, 2.05) is 13.0 Å². The van der Waals surface area contributed by atoms with Crippen molar-refractivity contribution in [3.8, 4) is 0 Å². The summed E-state index contributed by atoms with van der Waals surface area (Å²) in [5.41, 5.74) is 1.45. The fraction of sp³-hybridized carbons (Fsp3) is 0.333. The SMILES string of the molecule is COC(=O)C(O)CNC(=O)c1cccc(C)c1. The molecule has 17 heavy (non-hydrogen) atoms. The predicted molar refractivity (Wildman–Crippen MR) is 61.5 cm³/mol. The van der Waals surface area contributed by atoms with E-state index in [1.54, 1.807) is 18.2 Å². The topological polar surface area (TPSA) is 75.6 Å². The van der Waals surface area contributed by atoms with Crippen molar-refractivity contribution in [1.82, 2.24) is 5.32 Å². The molecule has 2 N–H and O–H groups in total. The maximum Gasteiger partial charge on any atom is 0.336 e. The third-order valence-corrected chi connectivity index (χ3v) is 2.21. The number of aliphatic hydroxyl groups is 1. The number of aliphatic hydroxyl groups excluding tert-OH is 1. The number of carbonyl (C=O) groups excluding carboxylic acids is 2. The molecule has 0 spiro atoms. The number of aryl methyl sites for hydroxylation is 1. The van der Waals surface area contributed by atoms with Crippen LogP contribution in [0, 0.1) is 6.92 Å². The van der Waals surface area contributed by atoms with Crippen LogP contribution in [0.4, 0.5) is 0 Å². The molecule has 0 saturated heterocycles. The summed E-state index contributed by atoms with van der Waals surface area (Å²) in [5, 5.41) is 11.7. The Bertz CT molecular complexity index is 417. The first kappa shape index (κ1) is 13.2. The molecule has 5 nitrogen and oxygen atoms in total. The van der Waals surface area contributed by atoms with Crippen molar-refractivity contribution in [1.29, 1.82) is 0 Å². The maximum atomic E-state index is 11.6. The van der Waals surface area contributed by atoms with Gasteiger partial charge in [-0.3, -0.25) is 4.79 Å². The first-order valence-electron chi connectivity index (χ1n) is 5.15. The number of ether oxygens (including phenoxy) is 1. The number of amides is 1. The smallest absolute Gasteiger partial charge is 0.336 e. The Labute approximate surface area is 99.4 Å². The Morgan fingerprint density at radius 1 is 1.47 bits per heavy atom. The minimum atomic E-state index is -1.34. The summed E-state index contributed by atoms with van der Waals surface area (Å²) in [6, 6.07) is 7.02. The predicted octanol–water partition coefficient (Wildman–Crippen LogP) is 0.259. The lowest BCUT2D eigenvalue weighted by Gasteiger charge is -2.09. The van der Waals surface area contributed by atoms with Gasteiger partial charge in [-0.2, -0.15) is 0 Å². The molecule has 1 aromatic rings. The summed E-state index contributed by atoms with van der Waals surface area (Å²) in [6.07, 6.45) is -1.34. The summed E-state index contributed by atoms with van der Waals surface area (Å²) in [7, 11) is 1.17. The molecule has 0 aliphatic rings. The standard InChI is InChI=1S/C12H15NO4/c1-8-4-3-5-9(6-8)11(15)13-7-10(14)12(16)17-2/h3-6,10,14H,7H2,1-2H3,(H,13,15). The second kappa shape index (κ2) is 6.00. The minimum absolute atomic E-state index is 0.167. The van der Waals surface area contributed by atoms with Gasteiger partial charge in [-0.15, -0.1) is 0 Å². The number of esters is 1. The summed E-state index contributed by atoms with van der Waals surface area (Å²) in [6.45, 7) is 1.71. The highest BCUT2D eigenvalue weighted by Gasteiger charge is 2.16. The van der Waals surface area contributed by atoms with Crippen LogP contribution in [0.1, 0.15) is 15.9 Å². The zero-order valence-electron chi connectivity index (χ0n) is 9.77. The molecule has 0 fully saturated rings. The van der Waals surface area contributed by atoms with E-state index in [1.165, 1.54) is 7.11 Å². The third-order valence-electron chi connectivity index (χ3n) is 2.21. The molecule has 0 radical (unpaired) electrons. The normalized spacial score (nSPS) is 11.7. The van der Waals surface area contributed by atoms with Gasteiger partial charge in [-0.25, -0.2) is 4.79 Å². The Morgan fingerprint density at radius 3 is 2.76 bits per heavy atom. The highest BCUT2D eigenvalue weighted by atomic mass is 16.5. The largest absolute Gasteiger partial charge is 0.467 e. The van der Waals surface area contributed by atoms with Crippen molar-refractivity contribution in [2.24, 2.45) is 0 Å². The second-order valence-electron chi connectivity index (χ2n) is 3.62. The number of hydrogen-bond acceptors (Lipinski definition) is 4. The van der Waals surface area contributed by atoms with Gasteiger partial charge in [0.2, 0.25) is 0 Å². The fourth-order valence-electron chi connectivity index (χ4n) is 1.30. The van der Waals surface area contributed by atoms with E-state index in [-0.39, 0.29) is 12.5 Å². The Hall–Kier alpha value is -1.88. The van der Waals surface area contributed by atoms with Crippen molar-refractivity contribution in [2.75, 3.05) is 13.7 Å². The summed E-state index contributed by atoms with van der Waals surface area (Å²) in [5.74, 6) is -1.11. The monoisotopic (exact) mass is 237 g/mol. The van der Waals surface area contributed by atoms with Crippen LogP contribution in [0.3, 0.4) is 0 Å². The Balaban J connectivity index is 2.53. The quantitative estimate of drug-likeness (QED) is 0.736. The molecule has 1 rings (SSSR count). The van der Waals surface area contributed by atoms with Gasteiger partial charge < -0.3 is 15.2 Å². The van der Waals surface area contributed by atoms with Crippen molar-refractivity contribution < 1.29 is 19.4 Å². The number of methoxy groups -OCH3 is 1. The number of rotatable bonds is 4. The van der Waals surface area contributed by atoms with Crippen LogP contribution in [0.15, 0.2) is 24.3 Å².